The SMILES string of the molecule is NC12CCC(C(=O)O)(CC1)C(=O)C2. The number of hydrogen-bond acceptors (Lipinski definition) is 3. The molecule has 0 aromatic rings. The van der Waals surface area contributed by atoms with Gasteiger partial charge in [0.05, 0.1) is 0 Å². The van der Waals surface area contributed by atoms with Gasteiger partial charge in [0.2, 0.25) is 0 Å². The molecular formula is C9H13NO3. The summed E-state index contributed by atoms with van der Waals surface area (Å²) in [5.74, 6) is -1.13. The van der Waals surface area contributed by atoms with E-state index in [0.29, 0.717) is 25.7 Å². The molecule has 3 aliphatic rings. The molecule has 72 valence electrons. The number of fused-ring (bicyclic) bond motifs is 3. The summed E-state index contributed by atoms with van der Waals surface area (Å²) in [5.41, 5.74) is 4.46. The molecule has 0 aromatic carbocycles. The van der Waals surface area contributed by atoms with Crippen LogP contribution in [-0.4, -0.2) is 22.4 Å². The zero-order chi connectivity index (χ0) is 9.69. The van der Waals surface area contributed by atoms with E-state index in [0.717, 1.165) is 0 Å². The van der Waals surface area contributed by atoms with Crippen molar-refractivity contribution in [2.75, 3.05) is 0 Å². The fourth-order valence-corrected chi connectivity index (χ4v) is 2.45. The van der Waals surface area contributed by atoms with Crippen molar-refractivity contribution in [2.45, 2.75) is 37.6 Å². The molecule has 3 N–H and O–H groups in total. The third-order valence-corrected chi connectivity index (χ3v) is 3.56. The minimum atomic E-state index is -1.08. The van der Waals surface area contributed by atoms with E-state index in [1.807, 2.05) is 0 Å². The first-order valence-corrected chi connectivity index (χ1v) is 4.54. The van der Waals surface area contributed by atoms with Gasteiger partial charge in [0.15, 0.2) is 5.78 Å². The summed E-state index contributed by atoms with van der Waals surface area (Å²) in [6.45, 7) is 0. The Morgan fingerprint density at radius 2 is 1.85 bits per heavy atom. The second-order valence-electron chi connectivity index (χ2n) is 4.35. The number of carboxylic acid groups (broad SMARTS) is 1. The lowest BCUT2D eigenvalue weighted by Crippen LogP contribution is -2.59. The molecular weight excluding hydrogens is 170 g/mol. The van der Waals surface area contributed by atoms with Gasteiger partial charge in [-0.1, -0.05) is 0 Å². The maximum Gasteiger partial charge on any atom is 0.317 e. The highest BCUT2D eigenvalue weighted by atomic mass is 16.4. The van der Waals surface area contributed by atoms with E-state index in [1.54, 1.807) is 0 Å². The number of carbonyl (C=O) groups excluding carboxylic acids is 1. The van der Waals surface area contributed by atoms with Crippen molar-refractivity contribution in [1.29, 1.82) is 0 Å². The molecule has 0 saturated heterocycles. The number of ketones is 1. The summed E-state index contributed by atoms with van der Waals surface area (Å²) in [5, 5.41) is 9.01. The third kappa shape index (κ3) is 1.01. The largest absolute Gasteiger partial charge is 0.480 e. The molecule has 3 rings (SSSR count). The number of carbonyl (C=O) groups is 2. The molecule has 0 heterocycles. The van der Waals surface area contributed by atoms with Crippen molar-refractivity contribution in [2.24, 2.45) is 11.1 Å². The fourth-order valence-electron chi connectivity index (χ4n) is 2.45. The number of rotatable bonds is 1. The van der Waals surface area contributed by atoms with E-state index in [9.17, 15) is 9.59 Å². The average molecular weight is 183 g/mol. The van der Waals surface area contributed by atoms with Gasteiger partial charge < -0.3 is 10.8 Å². The van der Waals surface area contributed by atoms with Crippen LogP contribution in [0.25, 0.3) is 0 Å². The van der Waals surface area contributed by atoms with Crippen molar-refractivity contribution >= 4 is 11.8 Å². The lowest BCUT2D eigenvalue weighted by atomic mass is 9.57. The smallest absolute Gasteiger partial charge is 0.317 e. The van der Waals surface area contributed by atoms with Gasteiger partial charge in [0.25, 0.3) is 0 Å². The summed E-state index contributed by atoms with van der Waals surface area (Å²) in [7, 11) is 0. The summed E-state index contributed by atoms with van der Waals surface area (Å²) in [6.07, 6.45) is 2.45. The van der Waals surface area contributed by atoms with Crippen LogP contribution in [0.1, 0.15) is 32.1 Å². The monoisotopic (exact) mass is 183 g/mol. The number of hydrogen-bond donors (Lipinski definition) is 2. The Kier molecular flexibility index (Phi) is 1.55. The molecule has 3 fully saturated rings. The van der Waals surface area contributed by atoms with Crippen LogP contribution in [0.4, 0.5) is 0 Å². The third-order valence-electron chi connectivity index (χ3n) is 3.56. The maximum atomic E-state index is 11.6. The second kappa shape index (κ2) is 2.32. The van der Waals surface area contributed by atoms with Crippen LogP contribution < -0.4 is 5.73 Å². The van der Waals surface area contributed by atoms with Gasteiger partial charge in [-0.15, -0.1) is 0 Å². The Bertz CT molecular complexity index is 277. The zero-order valence-corrected chi connectivity index (χ0v) is 7.38. The van der Waals surface area contributed by atoms with E-state index >= 15 is 0 Å². The molecule has 0 amide bonds. The average Bonchev–Trinajstić information content (AvgIpc) is 2.03. The van der Waals surface area contributed by atoms with Crippen LogP contribution >= 0.6 is 0 Å². The number of carboxylic acids is 1. The van der Waals surface area contributed by atoms with Gasteiger partial charge in [-0.2, -0.15) is 0 Å². The fraction of sp³-hybridized carbons (Fsp3) is 0.778. The molecule has 0 aliphatic heterocycles. The van der Waals surface area contributed by atoms with Gasteiger partial charge >= 0.3 is 5.97 Å². The van der Waals surface area contributed by atoms with E-state index < -0.39 is 16.9 Å². The zero-order valence-electron chi connectivity index (χ0n) is 7.38. The van der Waals surface area contributed by atoms with Crippen LogP contribution in [0.15, 0.2) is 0 Å². The van der Waals surface area contributed by atoms with Crippen molar-refractivity contribution in [1.82, 2.24) is 0 Å². The number of nitrogens with two attached hydrogens (primary N) is 1. The van der Waals surface area contributed by atoms with Crippen LogP contribution in [0.2, 0.25) is 0 Å². The second-order valence-corrected chi connectivity index (χ2v) is 4.35. The van der Waals surface area contributed by atoms with Crippen LogP contribution in [0.3, 0.4) is 0 Å². The maximum absolute atomic E-state index is 11.6. The van der Waals surface area contributed by atoms with Crippen LogP contribution in [0.5, 0.6) is 0 Å². The first-order valence-electron chi connectivity index (χ1n) is 4.54. The summed E-state index contributed by atoms with van der Waals surface area (Å²) < 4.78 is 0. The van der Waals surface area contributed by atoms with Crippen molar-refractivity contribution in [3.8, 4) is 0 Å². The molecule has 13 heavy (non-hydrogen) atoms. The van der Waals surface area contributed by atoms with Gasteiger partial charge in [-0.25, -0.2) is 0 Å². The lowest BCUT2D eigenvalue weighted by Gasteiger charge is -2.47. The van der Waals surface area contributed by atoms with Crippen molar-refractivity contribution in [3.05, 3.63) is 0 Å². The molecule has 3 aliphatic carbocycles. The van der Waals surface area contributed by atoms with Crippen molar-refractivity contribution < 1.29 is 14.7 Å². The molecule has 4 heteroatoms. The van der Waals surface area contributed by atoms with E-state index in [-0.39, 0.29) is 12.2 Å². The van der Waals surface area contributed by atoms with Gasteiger partial charge in [-0.3, -0.25) is 9.59 Å². The Morgan fingerprint density at radius 3 is 2.23 bits per heavy atom. The van der Waals surface area contributed by atoms with Crippen LogP contribution in [-0.2, 0) is 9.59 Å². The molecule has 0 atom stereocenters. The summed E-state index contributed by atoms with van der Waals surface area (Å²) in [4.78, 5) is 22.5. The normalized spacial score (nSPS) is 43.6. The Morgan fingerprint density at radius 1 is 1.31 bits per heavy atom. The summed E-state index contributed by atoms with van der Waals surface area (Å²) >= 11 is 0. The topological polar surface area (TPSA) is 80.4 Å². The standard InChI is InChI=1S/C9H13NO3/c10-8-1-3-9(4-2-8,7(12)13)6(11)5-8/h1-5,10H2,(H,12,13). The highest BCUT2D eigenvalue weighted by Crippen LogP contribution is 2.48. The molecule has 0 unspecified atom stereocenters. The molecule has 0 spiro atoms. The quantitative estimate of drug-likeness (QED) is 0.573. The highest BCUT2D eigenvalue weighted by molar-refractivity contribution is 6.04. The van der Waals surface area contributed by atoms with Crippen molar-refractivity contribution in [3.63, 3.8) is 0 Å². The van der Waals surface area contributed by atoms with E-state index in [4.69, 9.17) is 10.8 Å². The predicted molar refractivity (Wildman–Crippen MR) is 45.1 cm³/mol. The number of aliphatic carboxylic acids is 1. The van der Waals surface area contributed by atoms with Crippen LogP contribution in [0, 0.1) is 5.41 Å². The molecule has 0 aromatic heterocycles. The minimum Gasteiger partial charge on any atom is -0.480 e. The number of Topliss-reactive ketones (excluding diaryl/α,β-unsaturated/α-hetero) is 1. The minimum absolute atomic E-state index is 0.167. The first-order chi connectivity index (χ1) is 5.99. The van der Waals surface area contributed by atoms with Gasteiger partial charge in [0.1, 0.15) is 5.41 Å². The first kappa shape index (κ1) is 8.69. The Hall–Kier alpha value is -0.900. The molecule has 4 nitrogen and oxygen atoms in total. The summed E-state index contributed by atoms with van der Waals surface area (Å²) in [6, 6.07) is 0. The van der Waals surface area contributed by atoms with E-state index in [2.05, 4.69) is 0 Å². The Balaban J connectivity index is 2.34. The van der Waals surface area contributed by atoms with E-state index in [1.165, 1.54) is 0 Å². The van der Waals surface area contributed by atoms with Gasteiger partial charge in [0, 0.05) is 12.0 Å². The molecule has 0 radical (unpaired) electrons. The van der Waals surface area contributed by atoms with Gasteiger partial charge in [-0.05, 0) is 25.7 Å². The molecule has 3 saturated carbocycles. The highest BCUT2D eigenvalue weighted by Gasteiger charge is 2.56. The lowest BCUT2D eigenvalue weighted by molar-refractivity contribution is -0.163. The Labute approximate surface area is 76.1 Å². The predicted octanol–water partition coefficient (Wildman–Crippen LogP) is 0.302. The molecule has 2 bridgehead atoms.